The molecule has 0 saturated heterocycles. The molecule has 2 rings (SSSR count). The van der Waals surface area contributed by atoms with Gasteiger partial charge < -0.3 is 5.73 Å². The highest BCUT2D eigenvalue weighted by Gasteiger charge is 2.42. The van der Waals surface area contributed by atoms with Gasteiger partial charge in [0, 0.05) is 29.4 Å². The van der Waals surface area contributed by atoms with Crippen LogP contribution in [0.1, 0.15) is 57.7 Å². The number of likely N-dealkylation sites (N-methyl/N-ethyl adjacent to an activating group) is 1. The lowest BCUT2D eigenvalue weighted by Crippen LogP contribution is -2.59. The van der Waals surface area contributed by atoms with E-state index in [0.717, 1.165) is 32.4 Å². The molecule has 20 heavy (non-hydrogen) atoms. The van der Waals surface area contributed by atoms with Crippen molar-refractivity contribution in [3.8, 4) is 0 Å². The second kappa shape index (κ2) is 6.23. The van der Waals surface area contributed by atoms with Gasteiger partial charge in [-0.05, 0) is 50.9 Å². The van der Waals surface area contributed by atoms with E-state index in [1.54, 1.807) is 0 Å². The van der Waals surface area contributed by atoms with E-state index in [1.165, 1.54) is 11.3 Å². The first-order valence-electron chi connectivity index (χ1n) is 8.02. The fourth-order valence-electron chi connectivity index (χ4n) is 3.84. The molecule has 0 saturated carbocycles. The Labute approximate surface area is 123 Å². The monoisotopic (exact) mass is 275 g/mol. The van der Waals surface area contributed by atoms with Crippen LogP contribution in [0.25, 0.3) is 0 Å². The highest BCUT2D eigenvalue weighted by atomic mass is 15.2. The largest absolute Gasteiger partial charge is 0.326 e. The number of fused-ring (bicyclic) bond motifs is 1. The van der Waals surface area contributed by atoms with Crippen LogP contribution < -0.4 is 5.73 Å². The summed E-state index contributed by atoms with van der Waals surface area (Å²) in [4.78, 5) is 7.13. The van der Waals surface area contributed by atoms with Crippen molar-refractivity contribution in [2.75, 3.05) is 13.1 Å². The average Bonchev–Trinajstić information content (AvgIpc) is 2.91. The van der Waals surface area contributed by atoms with Crippen molar-refractivity contribution in [1.29, 1.82) is 0 Å². The quantitative estimate of drug-likeness (QED) is 0.868. The highest BCUT2D eigenvalue weighted by Crippen LogP contribution is 2.39. The molecule has 3 heteroatoms. The van der Waals surface area contributed by atoms with E-state index in [1.807, 2.05) is 12.3 Å². The number of pyridine rings is 1. The van der Waals surface area contributed by atoms with Gasteiger partial charge in [0.15, 0.2) is 0 Å². The minimum atomic E-state index is 0.0489. The molecule has 0 spiro atoms. The topological polar surface area (TPSA) is 42.1 Å². The average molecular weight is 275 g/mol. The van der Waals surface area contributed by atoms with Crippen LogP contribution in [0.15, 0.2) is 18.3 Å². The van der Waals surface area contributed by atoms with Gasteiger partial charge in [-0.1, -0.05) is 26.8 Å². The summed E-state index contributed by atoms with van der Waals surface area (Å²) in [5.74, 6) is 0.400. The van der Waals surface area contributed by atoms with Gasteiger partial charge >= 0.3 is 0 Å². The lowest BCUT2D eigenvalue weighted by Gasteiger charge is -2.46. The van der Waals surface area contributed by atoms with Crippen LogP contribution in [0.4, 0.5) is 0 Å². The van der Waals surface area contributed by atoms with Crippen LogP contribution >= 0.6 is 0 Å². The fraction of sp³-hybridized carbons (Fsp3) is 0.706. The van der Waals surface area contributed by atoms with Crippen molar-refractivity contribution >= 4 is 0 Å². The number of nitrogens with zero attached hydrogens (tertiary/aromatic N) is 2. The maximum atomic E-state index is 6.75. The third-order valence-corrected chi connectivity index (χ3v) is 5.36. The van der Waals surface area contributed by atoms with E-state index in [9.17, 15) is 0 Å². The first kappa shape index (κ1) is 15.5. The standard InChI is InChI=1S/C17H29N3/c1-5-17(4,20(6-2)7-3)16(18)14-11-10-13-9-8-12-19-15(13)14/h8-9,12,14,16H,5-7,10-11,18H2,1-4H3. The molecule has 3 unspecified atom stereocenters. The number of hydrogen-bond donors (Lipinski definition) is 1. The summed E-state index contributed by atoms with van der Waals surface area (Å²) in [7, 11) is 0. The van der Waals surface area contributed by atoms with Gasteiger partial charge in [0.2, 0.25) is 0 Å². The smallest absolute Gasteiger partial charge is 0.0482 e. The summed E-state index contributed by atoms with van der Waals surface area (Å²) in [5.41, 5.74) is 9.44. The molecule has 0 bridgehead atoms. The van der Waals surface area contributed by atoms with Crippen LogP contribution in [0.2, 0.25) is 0 Å². The van der Waals surface area contributed by atoms with Crippen molar-refractivity contribution < 1.29 is 0 Å². The molecule has 112 valence electrons. The van der Waals surface area contributed by atoms with Gasteiger partial charge in [-0.15, -0.1) is 0 Å². The molecule has 1 aromatic heterocycles. The molecule has 0 aliphatic heterocycles. The molecule has 0 fully saturated rings. The number of aromatic nitrogens is 1. The van der Waals surface area contributed by atoms with Gasteiger partial charge in [-0.25, -0.2) is 0 Å². The second-order valence-electron chi connectivity index (χ2n) is 6.10. The Kier molecular flexibility index (Phi) is 4.82. The Morgan fingerprint density at radius 2 is 2.10 bits per heavy atom. The number of aryl methyl sites for hydroxylation is 1. The molecule has 1 heterocycles. The third-order valence-electron chi connectivity index (χ3n) is 5.36. The Morgan fingerprint density at radius 1 is 1.40 bits per heavy atom. The highest BCUT2D eigenvalue weighted by molar-refractivity contribution is 5.31. The third kappa shape index (κ3) is 2.49. The first-order chi connectivity index (χ1) is 9.58. The van der Waals surface area contributed by atoms with Crippen LogP contribution in [-0.2, 0) is 6.42 Å². The molecule has 2 N–H and O–H groups in total. The predicted molar refractivity (Wildman–Crippen MR) is 84.9 cm³/mol. The summed E-state index contributed by atoms with van der Waals surface area (Å²) >= 11 is 0. The Hall–Kier alpha value is -0.930. The SMILES string of the molecule is CCN(CC)C(C)(CC)C(N)C1CCc2cccnc21. The minimum absolute atomic E-state index is 0.0489. The molecular weight excluding hydrogens is 246 g/mol. The van der Waals surface area contributed by atoms with Gasteiger partial charge in [0.1, 0.15) is 0 Å². The Balaban J connectivity index is 2.28. The van der Waals surface area contributed by atoms with Gasteiger partial charge in [-0.3, -0.25) is 9.88 Å². The van der Waals surface area contributed by atoms with E-state index >= 15 is 0 Å². The zero-order valence-corrected chi connectivity index (χ0v) is 13.4. The van der Waals surface area contributed by atoms with Crippen molar-refractivity contribution in [2.45, 2.75) is 64.5 Å². The van der Waals surface area contributed by atoms with E-state index in [-0.39, 0.29) is 11.6 Å². The van der Waals surface area contributed by atoms with Gasteiger partial charge in [0.25, 0.3) is 0 Å². The summed E-state index contributed by atoms with van der Waals surface area (Å²) in [6.45, 7) is 11.1. The lowest BCUT2D eigenvalue weighted by atomic mass is 9.79. The maximum absolute atomic E-state index is 6.75. The summed E-state index contributed by atoms with van der Waals surface area (Å²) in [6, 6.07) is 4.38. The van der Waals surface area contributed by atoms with Crippen LogP contribution in [0, 0.1) is 0 Å². The molecule has 1 aliphatic rings. The van der Waals surface area contributed by atoms with Gasteiger partial charge in [-0.2, -0.15) is 0 Å². The molecule has 0 amide bonds. The van der Waals surface area contributed by atoms with Crippen LogP contribution in [0.3, 0.4) is 0 Å². The van der Waals surface area contributed by atoms with Gasteiger partial charge in [0.05, 0.1) is 0 Å². The first-order valence-corrected chi connectivity index (χ1v) is 8.02. The Bertz CT molecular complexity index is 442. The van der Waals surface area contributed by atoms with Crippen molar-refractivity contribution in [3.05, 3.63) is 29.6 Å². The summed E-state index contributed by atoms with van der Waals surface area (Å²) < 4.78 is 0. The Morgan fingerprint density at radius 3 is 2.70 bits per heavy atom. The molecular formula is C17H29N3. The number of nitrogens with two attached hydrogens (primary N) is 1. The molecule has 1 aliphatic carbocycles. The van der Waals surface area contributed by atoms with Crippen LogP contribution in [0.5, 0.6) is 0 Å². The zero-order chi connectivity index (χ0) is 14.8. The van der Waals surface area contributed by atoms with E-state index in [2.05, 4.69) is 43.6 Å². The number of rotatable bonds is 6. The fourth-order valence-corrected chi connectivity index (χ4v) is 3.84. The van der Waals surface area contributed by atoms with Crippen molar-refractivity contribution in [2.24, 2.45) is 5.73 Å². The normalized spacial score (nSPS) is 22.6. The second-order valence-corrected chi connectivity index (χ2v) is 6.10. The molecule has 0 aromatic carbocycles. The molecule has 3 atom stereocenters. The summed E-state index contributed by atoms with van der Waals surface area (Å²) in [6.07, 6.45) is 5.25. The molecule has 1 aromatic rings. The van der Waals surface area contributed by atoms with E-state index < -0.39 is 0 Å². The predicted octanol–water partition coefficient (Wildman–Crippen LogP) is 2.95. The summed E-state index contributed by atoms with van der Waals surface area (Å²) in [5, 5.41) is 0. The molecule has 0 radical (unpaired) electrons. The van der Waals surface area contributed by atoms with Crippen molar-refractivity contribution in [3.63, 3.8) is 0 Å². The number of hydrogen-bond acceptors (Lipinski definition) is 3. The van der Waals surface area contributed by atoms with E-state index in [4.69, 9.17) is 5.73 Å². The van der Waals surface area contributed by atoms with E-state index in [0.29, 0.717) is 5.92 Å². The zero-order valence-electron chi connectivity index (χ0n) is 13.4. The van der Waals surface area contributed by atoms with Crippen molar-refractivity contribution in [1.82, 2.24) is 9.88 Å². The minimum Gasteiger partial charge on any atom is -0.326 e. The maximum Gasteiger partial charge on any atom is 0.0482 e. The molecule has 3 nitrogen and oxygen atoms in total. The van der Waals surface area contributed by atoms with Crippen LogP contribution in [-0.4, -0.2) is 34.6 Å². The lowest BCUT2D eigenvalue weighted by molar-refractivity contribution is 0.0740.